The Labute approximate surface area is 182 Å². The minimum atomic E-state index is -0.642. The van der Waals surface area contributed by atoms with E-state index in [-0.39, 0.29) is 24.1 Å². The molecule has 0 aliphatic heterocycles. The Balaban J connectivity index is 1.63. The maximum absolute atomic E-state index is 12.1. The van der Waals surface area contributed by atoms with Gasteiger partial charge in [0.15, 0.2) is 18.1 Å². The third-order valence-corrected chi connectivity index (χ3v) is 4.26. The van der Waals surface area contributed by atoms with Gasteiger partial charge in [0.25, 0.3) is 11.6 Å². The van der Waals surface area contributed by atoms with Crippen molar-refractivity contribution in [1.29, 1.82) is 0 Å². The molecule has 0 radical (unpaired) electrons. The highest BCUT2D eigenvalue weighted by Gasteiger charge is 2.13. The van der Waals surface area contributed by atoms with Crippen molar-refractivity contribution in [1.82, 2.24) is 10.2 Å². The van der Waals surface area contributed by atoms with Crippen molar-refractivity contribution in [2.45, 2.75) is 6.61 Å². The van der Waals surface area contributed by atoms with Crippen LogP contribution in [-0.4, -0.2) is 42.4 Å². The van der Waals surface area contributed by atoms with E-state index >= 15 is 0 Å². The summed E-state index contributed by atoms with van der Waals surface area (Å²) < 4.78 is 26.3. The fraction of sp³-hybridized carbons (Fsp3) is 0.190. The van der Waals surface area contributed by atoms with Crippen molar-refractivity contribution in [2.75, 3.05) is 21.3 Å². The van der Waals surface area contributed by atoms with E-state index in [1.54, 1.807) is 12.1 Å². The van der Waals surface area contributed by atoms with Crippen molar-refractivity contribution in [3.8, 4) is 28.7 Å². The number of esters is 1. The number of non-ortho nitro benzene ring substituents is 1. The van der Waals surface area contributed by atoms with Crippen LogP contribution in [0.1, 0.15) is 11.5 Å². The first-order valence-corrected chi connectivity index (χ1v) is 9.17. The molecule has 0 bridgehead atoms. The molecule has 0 saturated carbocycles. The van der Waals surface area contributed by atoms with Crippen molar-refractivity contribution in [3.63, 3.8) is 0 Å². The number of rotatable bonds is 9. The molecule has 3 rings (SSSR count). The van der Waals surface area contributed by atoms with Gasteiger partial charge in [0.1, 0.15) is 5.75 Å². The molecule has 0 aliphatic rings. The number of hydrogen-bond donors (Lipinski definition) is 0. The molecule has 32 heavy (non-hydrogen) atoms. The lowest BCUT2D eigenvalue weighted by Gasteiger charge is -2.12. The number of aromatic nitrogens is 2. The van der Waals surface area contributed by atoms with Crippen molar-refractivity contribution in [3.05, 3.63) is 64.0 Å². The number of carbonyl (C=O) groups is 1. The molecule has 166 valence electrons. The van der Waals surface area contributed by atoms with Crippen LogP contribution in [0.2, 0.25) is 0 Å². The number of hydrogen-bond acceptors (Lipinski definition) is 10. The number of nitrogens with zero attached hydrogens (tertiary/aromatic N) is 3. The molecule has 11 heteroatoms. The Morgan fingerprint density at radius 2 is 1.69 bits per heavy atom. The second-order valence-corrected chi connectivity index (χ2v) is 6.20. The Bertz CT molecular complexity index is 1140. The molecule has 0 amide bonds. The lowest BCUT2D eigenvalue weighted by Crippen LogP contribution is -2.01. The van der Waals surface area contributed by atoms with Gasteiger partial charge in [-0.05, 0) is 24.3 Å². The van der Waals surface area contributed by atoms with Crippen LogP contribution >= 0.6 is 0 Å². The summed E-state index contributed by atoms with van der Waals surface area (Å²) in [7, 11) is 4.51. The van der Waals surface area contributed by atoms with Gasteiger partial charge in [-0.3, -0.25) is 10.1 Å². The van der Waals surface area contributed by atoms with Gasteiger partial charge in [-0.25, -0.2) is 4.79 Å². The first-order chi connectivity index (χ1) is 15.4. The summed E-state index contributed by atoms with van der Waals surface area (Å²) in [4.78, 5) is 22.3. The monoisotopic (exact) mass is 441 g/mol. The predicted octanol–water partition coefficient (Wildman–Crippen LogP) is 3.43. The van der Waals surface area contributed by atoms with Gasteiger partial charge < -0.3 is 23.4 Å². The molecular formula is C21H19N3O8. The number of carbonyl (C=O) groups excluding carboxylic acids is 1. The number of benzene rings is 2. The van der Waals surface area contributed by atoms with E-state index < -0.39 is 10.9 Å². The van der Waals surface area contributed by atoms with Crippen LogP contribution in [0.15, 0.2) is 46.9 Å². The molecule has 0 fully saturated rings. The maximum atomic E-state index is 12.1. The topological polar surface area (TPSA) is 136 Å². The highest BCUT2D eigenvalue weighted by atomic mass is 16.6. The quantitative estimate of drug-likeness (QED) is 0.210. The van der Waals surface area contributed by atoms with Crippen LogP contribution in [0.5, 0.6) is 17.2 Å². The summed E-state index contributed by atoms with van der Waals surface area (Å²) in [6.45, 7) is -0.244. The normalized spacial score (nSPS) is 10.7. The summed E-state index contributed by atoms with van der Waals surface area (Å²) in [5, 5.41) is 18.4. The van der Waals surface area contributed by atoms with E-state index in [0.717, 1.165) is 0 Å². The lowest BCUT2D eigenvalue weighted by molar-refractivity contribution is -0.384. The van der Waals surface area contributed by atoms with Gasteiger partial charge in [-0.15, -0.1) is 10.2 Å². The van der Waals surface area contributed by atoms with Crippen LogP contribution in [0.4, 0.5) is 5.69 Å². The van der Waals surface area contributed by atoms with Gasteiger partial charge in [0, 0.05) is 35.4 Å². The molecule has 0 saturated heterocycles. The zero-order valence-electron chi connectivity index (χ0n) is 17.4. The van der Waals surface area contributed by atoms with Crippen LogP contribution in [0.25, 0.3) is 17.5 Å². The van der Waals surface area contributed by atoms with E-state index in [9.17, 15) is 14.9 Å². The fourth-order valence-electron chi connectivity index (χ4n) is 2.68. The van der Waals surface area contributed by atoms with E-state index in [0.29, 0.717) is 28.4 Å². The highest BCUT2D eigenvalue weighted by molar-refractivity contribution is 5.87. The van der Waals surface area contributed by atoms with Crippen molar-refractivity contribution < 1.29 is 33.1 Å². The third kappa shape index (κ3) is 5.19. The van der Waals surface area contributed by atoms with Gasteiger partial charge >= 0.3 is 5.97 Å². The Morgan fingerprint density at radius 3 is 2.31 bits per heavy atom. The Kier molecular flexibility index (Phi) is 7.01. The second-order valence-electron chi connectivity index (χ2n) is 6.20. The highest BCUT2D eigenvalue weighted by Crippen LogP contribution is 2.35. The van der Waals surface area contributed by atoms with Crippen molar-refractivity contribution in [2.24, 2.45) is 0 Å². The summed E-state index contributed by atoms with van der Waals surface area (Å²) in [6, 6.07) is 8.93. The summed E-state index contributed by atoms with van der Waals surface area (Å²) >= 11 is 0. The number of nitro groups is 1. The van der Waals surface area contributed by atoms with E-state index in [4.69, 9.17) is 23.4 Å². The lowest BCUT2D eigenvalue weighted by atomic mass is 10.1. The second kappa shape index (κ2) is 10.1. The molecule has 0 unspecified atom stereocenters. The van der Waals surface area contributed by atoms with Crippen LogP contribution < -0.4 is 14.2 Å². The van der Waals surface area contributed by atoms with Gasteiger partial charge in [-0.1, -0.05) is 0 Å². The zero-order chi connectivity index (χ0) is 23.1. The van der Waals surface area contributed by atoms with Crippen LogP contribution in [-0.2, 0) is 16.1 Å². The summed E-state index contributed by atoms with van der Waals surface area (Å²) in [6.07, 6.45) is 2.73. The first kappa shape index (κ1) is 22.3. The summed E-state index contributed by atoms with van der Waals surface area (Å²) in [5.74, 6) is 1.03. The van der Waals surface area contributed by atoms with Gasteiger partial charge in [0.05, 0.1) is 26.3 Å². The fourth-order valence-corrected chi connectivity index (χ4v) is 2.68. The molecule has 11 nitrogen and oxygen atoms in total. The molecule has 0 atom stereocenters. The largest absolute Gasteiger partial charge is 0.496 e. The average Bonchev–Trinajstić information content (AvgIpc) is 3.29. The maximum Gasteiger partial charge on any atom is 0.331 e. The molecular weight excluding hydrogens is 422 g/mol. The van der Waals surface area contributed by atoms with Crippen LogP contribution in [0, 0.1) is 10.1 Å². The SMILES string of the molecule is COc1cc(OC)c(OC)cc1/C=C/C(=O)OCc1nnc(-c2ccc([N+](=O)[O-])cc2)o1. The first-order valence-electron chi connectivity index (χ1n) is 9.17. The minimum Gasteiger partial charge on any atom is -0.496 e. The van der Waals surface area contributed by atoms with E-state index in [1.807, 2.05) is 0 Å². The number of ether oxygens (including phenoxy) is 4. The Hall–Kier alpha value is -4.41. The molecule has 0 aliphatic carbocycles. The van der Waals surface area contributed by atoms with Crippen LogP contribution in [0.3, 0.4) is 0 Å². The number of nitro benzene ring substituents is 1. The van der Waals surface area contributed by atoms with E-state index in [2.05, 4.69) is 10.2 Å². The molecule has 0 N–H and O–H groups in total. The third-order valence-electron chi connectivity index (χ3n) is 4.26. The molecule has 0 spiro atoms. The van der Waals surface area contributed by atoms with Crippen molar-refractivity contribution >= 4 is 17.7 Å². The molecule has 1 heterocycles. The van der Waals surface area contributed by atoms with Gasteiger partial charge in [-0.2, -0.15) is 0 Å². The molecule has 1 aromatic heterocycles. The smallest absolute Gasteiger partial charge is 0.331 e. The minimum absolute atomic E-state index is 0.0553. The zero-order valence-corrected chi connectivity index (χ0v) is 17.4. The Morgan fingerprint density at radius 1 is 1.03 bits per heavy atom. The average molecular weight is 441 g/mol. The molecule has 3 aromatic rings. The van der Waals surface area contributed by atoms with E-state index in [1.165, 1.54) is 57.7 Å². The number of methoxy groups -OCH3 is 3. The predicted molar refractivity (Wildman–Crippen MR) is 111 cm³/mol. The molecule has 2 aromatic carbocycles. The standard InChI is InChI=1S/C21H19N3O8/c1-28-16-11-18(30-3)17(29-2)10-14(16)6-9-20(25)31-12-19-22-23-21(32-19)13-4-7-15(8-5-13)24(26)27/h4-11H,12H2,1-3H3/b9-6+. The summed E-state index contributed by atoms with van der Waals surface area (Å²) in [5.41, 5.74) is 1.03. The van der Waals surface area contributed by atoms with Gasteiger partial charge in [0.2, 0.25) is 5.89 Å².